The molecule has 148 valence electrons. The first-order valence-corrected chi connectivity index (χ1v) is 9.11. The van der Waals surface area contributed by atoms with Gasteiger partial charge in [0.05, 0.1) is 23.2 Å². The molecule has 1 atom stereocenters. The van der Waals surface area contributed by atoms with Crippen molar-refractivity contribution in [3.8, 4) is 0 Å². The monoisotopic (exact) mass is 408 g/mol. The van der Waals surface area contributed by atoms with E-state index in [1.54, 1.807) is 20.8 Å². The molecule has 28 heavy (non-hydrogen) atoms. The van der Waals surface area contributed by atoms with E-state index in [2.05, 4.69) is 15.4 Å². The quantitative estimate of drug-likeness (QED) is 0.668. The highest BCUT2D eigenvalue weighted by atomic mass is 32.2. The van der Waals surface area contributed by atoms with Gasteiger partial charge in [-0.05, 0) is 32.9 Å². The Morgan fingerprint density at radius 2 is 2.00 bits per heavy atom. The third-order valence-corrected chi connectivity index (χ3v) is 4.25. The Labute approximate surface area is 161 Å². The topological polar surface area (TPSA) is 103 Å². The summed E-state index contributed by atoms with van der Waals surface area (Å²) in [6, 6.07) is 3.67. The second-order valence-corrected chi connectivity index (χ2v) is 7.72. The molecule has 0 aliphatic heterocycles. The first-order chi connectivity index (χ1) is 13.1. The summed E-state index contributed by atoms with van der Waals surface area (Å²) < 4.78 is 52.9. The number of amides is 1. The summed E-state index contributed by atoms with van der Waals surface area (Å²) in [5.74, 6) is -2.46. The second-order valence-electron chi connectivity index (χ2n) is 6.92. The minimum Gasteiger partial charge on any atom is -0.755 e. The molecule has 11 heteroatoms. The lowest BCUT2D eigenvalue weighted by Crippen LogP contribution is -2.40. The van der Waals surface area contributed by atoms with Crippen LogP contribution in [0.3, 0.4) is 0 Å². The Hall–Kier alpha value is -2.92. The van der Waals surface area contributed by atoms with Crippen molar-refractivity contribution in [1.29, 1.82) is 0 Å². The van der Waals surface area contributed by atoms with Gasteiger partial charge < -0.3 is 9.87 Å². The second kappa shape index (κ2) is 7.24. The maximum Gasteiger partial charge on any atom is 0.257 e. The van der Waals surface area contributed by atoms with Crippen LogP contribution in [0.25, 0.3) is 5.65 Å². The van der Waals surface area contributed by atoms with Crippen LogP contribution in [0.15, 0.2) is 36.7 Å². The van der Waals surface area contributed by atoms with Crippen molar-refractivity contribution in [2.75, 3.05) is 4.31 Å². The van der Waals surface area contributed by atoms with E-state index < -0.39 is 40.0 Å². The van der Waals surface area contributed by atoms with Crippen molar-refractivity contribution >= 4 is 34.3 Å². The van der Waals surface area contributed by atoms with Gasteiger partial charge in [0.2, 0.25) is 0 Å². The number of nitrogens with one attached hydrogen (secondary N) is 1. The highest BCUT2D eigenvalue weighted by Gasteiger charge is 2.22. The smallest absolute Gasteiger partial charge is 0.257 e. The van der Waals surface area contributed by atoms with Crippen molar-refractivity contribution in [1.82, 2.24) is 19.9 Å². The molecule has 0 spiro atoms. The maximum absolute atomic E-state index is 14.1. The molecule has 0 bridgehead atoms. The lowest BCUT2D eigenvalue weighted by molar-refractivity contribution is 0.0921. The summed E-state index contributed by atoms with van der Waals surface area (Å²) in [5, 5.41) is 6.76. The zero-order valence-corrected chi connectivity index (χ0v) is 16.0. The van der Waals surface area contributed by atoms with E-state index in [1.165, 1.54) is 23.0 Å². The van der Waals surface area contributed by atoms with Crippen LogP contribution in [-0.4, -0.2) is 34.8 Å². The van der Waals surface area contributed by atoms with E-state index in [0.717, 1.165) is 18.2 Å². The number of rotatable bonds is 4. The Morgan fingerprint density at radius 1 is 1.29 bits per heavy atom. The van der Waals surface area contributed by atoms with Gasteiger partial charge in [-0.15, -0.1) is 0 Å². The third-order valence-electron chi connectivity index (χ3n) is 3.57. The van der Waals surface area contributed by atoms with E-state index >= 15 is 0 Å². The van der Waals surface area contributed by atoms with Crippen LogP contribution < -0.4 is 9.62 Å². The van der Waals surface area contributed by atoms with Crippen LogP contribution in [0.1, 0.15) is 31.1 Å². The SMILES string of the molecule is CC(C)(C)NC(=O)c1cnn2ccc(N(c3cc(F)ccc3F)S(=O)[O-])nc12. The Bertz CT molecular complexity index is 1080. The van der Waals surface area contributed by atoms with Gasteiger partial charge in [0.15, 0.2) is 5.65 Å². The highest BCUT2D eigenvalue weighted by Crippen LogP contribution is 2.29. The molecule has 0 aliphatic carbocycles. The van der Waals surface area contributed by atoms with Crippen molar-refractivity contribution < 1.29 is 22.3 Å². The Morgan fingerprint density at radius 3 is 2.64 bits per heavy atom. The number of aromatic nitrogens is 3. The van der Waals surface area contributed by atoms with Gasteiger partial charge in [0, 0.05) is 23.9 Å². The fourth-order valence-electron chi connectivity index (χ4n) is 2.46. The van der Waals surface area contributed by atoms with E-state index in [9.17, 15) is 22.3 Å². The van der Waals surface area contributed by atoms with E-state index in [1.807, 2.05) is 0 Å². The number of nitrogens with zero attached hydrogens (tertiary/aromatic N) is 4. The molecule has 1 N–H and O–H groups in total. The fourth-order valence-corrected chi connectivity index (χ4v) is 3.02. The summed E-state index contributed by atoms with van der Waals surface area (Å²) in [6.45, 7) is 5.39. The van der Waals surface area contributed by atoms with Gasteiger partial charge in [0.1, 0.15) is 23.0 Å². The number of halogens is 2. The largest absolute Gasteiger partial charge is 0.755 e. The number of anilines is 2. The number of fused-ring (bicyclic) bond motifs is 1. The van der Waals surface area contributed by atoms with Crippen molar-refractivity contribution in [3.63, 3.8) is 0 Å². The summed E-state index contributed by atoms with van der Waals surface area (Å²) in [6.07, 6.45) is 2.65. The highest BCUT2D eigenvalue weighted by molar-refractivity contribution is 7.81. The van der Waals surface area contributed by atoms with Gasteiger partial charge in [-0.3, -0.25) is 13.3 Å². The molecule has 3 aromatic rings. The third kappa shape index (κ3) is 3.99. The Kier molecular flexibility index (Phi) is 5.13. The van der Waals surface area contributed by atoms with Crippen LogP contribution in [0, 0.1) is 11.6 Å². The summed E-state index contributed by atoms with van der Waals surface area (Å²) >= 11 is -3.00. The van der Waals surface area contributed by atoms with Gasteiger partial charge in [-0.2, -0.15) is 5.10 Å². The lowest BCUT2D eigenvalue weighted by atomic mass is 10.1. The molecule has 1 unspecified atom stereocenters. The van der Waals surface area contributed by atoms with Crippen molar-refractivity contribution in [2.45, 2.75) is 26.3 Å². The summed E-state index contributed by atoms with van der Waals surface area (Å²) in [4.78, 5) is 16.6. The zero-order chi connectivity index (χ0) is 20.6. The molecule has 0 saturated heterocycles. The molecule has 1 aromatic carbocycles. The molecular weight excluding hydrogens is 392 g/mol. The normalized spacial score (nSPS) is 12.8. The lowest BCUT2D eigenvalue weighted by Gasteiger charge is -2.25. The zero-order valence-electron chi connectivity index (χ0n) is 15.1. The predicted octanol–water partition coefficient (Wildman–Crippen LogP) is 2.47. The Balaban J connectivity index is 2.11. The minimum atomic E-state index is -3.00. The number of carbonyl (C=O) groups excluding carboxylic acids is 1. The molecule has 2 heterocycles. The van der Waals surface area contributed by atoms with Crippen LogP contribution in [0.4, 0.5) is 20.3 Å². The summed E-state index contributed by atoms with van der Waals surface area (Å²) in [7, 11) is 0. The van der Waals surface area contributed by atoms with E-state index in [-0.39, 0.29) is 17.0 Å². The maximum atomic E-state index is 14.1. The van der Waals surface area contributed by atoms with Crippen LogP contribution in [0.2, 0.25) is 0 Å². The van der Waals surface area contributed by atoms with Crippen molar-refractivity contribution in [2.24, 2.45) is 0 Å². The molecule has 8 nitrogen and oxygen atoms in total. The fraction of sp³-hybridized carbons (Fsp3) is 0.235. The molecule has 1 amide bonds. The molecular formula is C17H16F2N5O3S-. The number of carbonyl (C=O) groups is 1. The minimum absolute atomic E-state index is 0.0616. The molecule has 0 saturated carbocycles. The van der Waals surface area contributed by atoms with Gasteiger partial charge in [0.25, 0.3) is 5.91 Å². The van der Waals surface area contributed by atoms with Gasteiger partial charge in [-0.1, -0.05) is 0 Å². The molecule has 3 rings (SSSR count). The van der Waals surface area contributed by atoms with E-state index in [0.29, 0.717) is 4.31 Å². The predicted molar refractivity (Wildman–Crippen MR) is 97.6 cm³/mol. The molecule has 0 aliphatic rings. The van der Waals surface area contributed by atoms with Crippen LogP contribution >= 0.6 is 0 Å². The van der Waals surface area contributed by atoms with Crippen LogP contribution in [0.5, 0.6) is 0 Å². The average Bonchev–Trinajstić information content (AvgIpc) is 3.00. The van der Waals surface area contributed by atoms with Gasteiger partial charge >= 0.3 is 0 Å². The first-order valence-electron chi connectivity index (χ1n) is 8.08. The van der Waals surface area contributed by atoms with Gasteiger partial charge in [-0.25, -0.2) is 18.3 Å². The standard InChI is InChI=1S/C17H17F2N5O3S/c1-17(2,3)22-16(25)11-9-20-23-7-6-14(21-15(11)23)24(28(26)27)13-8-10(18)4-5-12(13)19/h4-9H,1-3H3,(H,22,25)(H,26,27)/p-1. The van der Waals surface area contributed by atoms with Crippen molar-refractivity contribution in [3.05, 3.63) is 53.9 Å². The number of benzene rings is 1. The molecule has 0 fully saturated rings. The first kappa shape index (κ1) is 19.8. The van der Waals surface area contributed by atoms with E-state index in [4.69, 9.17) is 0 Å². The molecule has 2 aromatic heterocycles. The molecule has 0 radical (unpaired) electrons. The number of hydrogen-bond donors (Lipinski definition) is 1. The average molecular weight is 408 g/mol. The summed E-state index contributed by atoms with van der Waals surface area (Å²) in [5.41, 5.74) is -0.888. The van der Waals surface area contributed by atoms with Crippen LogP contribution in [-0.2, 0) is 11.3 Å². The number of hydrogen-bond acceptors (Lipinski definition) is 5.